The van der Waals surface area contributed by atoms with E-state index >= 15 is 0 Å². The second-order valence-corrected chi connectivity index (χ2v) is 9.47. The van der Waals surface area contributed by atoms with Crippen LogP contribution in [0.1, 0.15) is 22.5 Å². The smallest absolute Gasteiger partial charge is 0.224 e. The summed E-state index contributed by atoms with van der Waals surface area (Å²) in [6.45, 7) is 2.19. The molecular formula is C25H21Cl2FN4OS. The number of aryl methyl sites for hydroxylation is 1. The zero-order valence-corrected chi connectivity index (χ0v) is 20.6. The molecule has 1 amide bonds. The third-order valence-corrected chi connectivity index (χ3v) is 6.58. The van der Waals surface area contributed by atoms with Crippen LogP contribution in [0, 0.1) is 12.7 Å². The largest absolute Gasteiger partial charge is 0.348 e. The zero-order valence-electron chi connectivity index (χ0n) is 18.3. The molecule has 0 fully saturated rings. The molecule has 9 heteroatoms. The minimum absolute atomic E-state index is 0.126. The molecule has 0 aliphatic rings. The Labute approximate surface area is 211 Å². The zero-order chi connectivity index (χ0) is 24.1. The van der Waals surface area contributed by atoms with Gasteiger partial charge in [-0.3, -0.25) is 9.36 Å². The predicted octanol–water partition coefficient (Wildman–Crippen LogP) is 6.17. The number of rotatable bonds is 8. The van der Waals surface area contributed by atoms with Crippen LogP contribution in [0.15, 0.2) is 71.9 Å². The highest BCUT2D eigenvalue weighted by atomic mass is 35.5. The van der Waals surface area contributed by atoms with E-state index < -0.39 is 0 Å². The SMILES string of the molecule is Cc1cccc(CSc2nnc(CNC(=O)Cc3ccc(F)cc3)n2-c2cc(Cl)ccc2Cl)c1. The van der Waals surface area contributed by atoms with Crippen molar-refractivity contribution < 1.29 is 9.18 Å². The summed E-state index contributed by atoms with van der Waals surface area (Å²) < 4.78 is 14.9. The van der Waals surface area contributed by atoms with Crippen molar-refractivity contribution >= 4 is 40.9 Å². The average Bonchev–Trinajstić information content (AvgIpc) is 3.22. The Bertz CT molecular complexity index is 1310. The number of carbonyl (C=O) groups excluding carboxylic acids is 1. The molecule has 4 aromatic rings. The molecule has 0 unspecified atom stereocenters. The topological polar surface area (TPSA) is 59.8 Å². The van der Waals surface area contributed by atoms with Crippen LogP contribution in [0.5, 0.6) is 0 Å². The Morgan fingerprint density at radius 2 is 1.82 bits per heavy atom. The van der Waals surface area contributed by atoms with Gasteiger partial charge in [-0.1, -0.05) is 76.9 Å². The first-order chi connectivity index (χ1) is 16.4. The van der Waals surface area contributed by atoms with E-state index in [2.05, 4.69) is 40.6 Å². The van der Waals surface area contributed by atoms with Crippen molar-refractivity contribution in [3.8, 4) is 5.69 Å². The Hall–Kier alpha value is -2.87. The fraction of sp³-hybridized carbons (Fsp3) is 0.160. The molecule has 1 heterocycles. The maximum Gasteiger partial charge on any atom is 0.224 e. The van der Waals surface area contributed by atoms with E-state index in [-0.39, 0.29) is 24.7 Å². The first-order valence-electron chi connectivity index (χ1n) is 10.5. The number of aromatic nitrogens is 3. The summed E-state index contributed by atoms with van der Waals surface area (Å²) in [5, 5.41) is 13.2. The number of benzene rings is 3. The number of hydrogen-bond acceptors (Lipinski definition) is 4. The Kier molecular flexibility index (Phi) is 7.88. The van der Waals surface area contributed by atoms with Crippen molar-refractivity contribution in [1.82, 2.24) is 20.1 Å². The van der Waals surface area contributed by atoms with Gasteiger partial charge in [0.05, 0.1) is 23.7 Å². The third kappa shape index (κ3) is 6.17. The number of nitrogens with zero attached hydrogens (tertiary/aromatic N) is 3. The number of amides is 1. The molecule has 1 N–H and O–H groups in total. The average molecular weight is 515 g/mol. The molecular weight excluding hydrogens is 494 g/mol. The van der Waals surface area contributed by atoms with Crippen LogP contribution in [0.2, 0.25) is 10.0 Å². The molecule has 5 nitrogen and oxygen atoms in total. The van der Waals surface area contributed by atoms with Crippen LogP contribution in [0.4, 0.5) is 4.39 Å². The third-order valence-electron chi connectivity index (χ3n) is 5.02. The predicted molar refractivity (Wildman–Crippen MR) is 134 cm³/mol. The van der Waals surface area contributed by atoms with E-state index in [1.54, 1.807) is 30.3 Å². The lowest BCUT2D eigenvalue weighted by Gasteiger charge is -2.13. The fourth-order valence-corrected chi connectivity index (χ4v) is 4.66. The standard InChI is InChI=1S/C25H21Cl2FN4OS/c1-16-3-2-4-18(11-16)15-34-25-31-30-23(32(25)22-13-19(26)7-10-21(22)27)14-29-24(33)12-17-5-8-20(28)9-6-17/h2-11,13H,12,14-15H2,1H3,(H,29,33). The van der Waals surface area contributed by atoms with Crippen molar-refractivity contribution in [3.63, 3.8) is 0 Å². The van der Waals surface area contributed by atoms with Gasteiger partial charge in [0, 0.05) is 10.8 Å². The normalized spacial score (nSPS) is 10.9. The number of thioether (sulfide) groups is 1. The van der Waals surface area contributed by atoms with E-state index in [1.165, 1.54) is 29.5 Å². The molecule has 4 rings (SSSR count). The second kappa shape index (κ2) is 11.0. The summed E-state index contributed by atoms with van der Waals surface area (Å²) in [5.74, 6) is 0.650. The Morgan fingerprint density at radius 3 is 2.59 bits per heavy atom. The van der Waals surface area contributed by atoms with Gasteiger partial charge >= 0.3 is 0 Å². The summed E-state index contributed by atoms with van der Waals surface area (Å²) in [6, 6.07) is 19.3. The van der Waals surface area contributed by atoms with Crippen LogP contribution in [-0.2, 0) is 23.5 Å². The van der Waals surface area contributed by atoms with E-state index in [0.717, 1.165) is 5.56 Å². The molecule has 0 aliphatic carbocycles. The molecule has 0 spiro atoms. The van der Waals surface area contributed by atoms with Crippen molar-refractivity contribution in [2.24, 2.45) is 0 Å². The van der Waals surface area contributed by atoms with E-state index in [1.807, 2.05) is 10.6 Å². The quantitative estimate of drug-likeness (QED) is 0.285. The summed E-state index contributed by atoms with van der Waals surface area (Å²) in [5.41, 5.74) is 3.69. The number of carbonyl (C=O) groups is 1. The summed E-state index contributed by atoms with van der Waals surface area (Å²) in [4.78, 5) is 12.5. The van der Waals surface area contributed by atoms with Gasteiger partial charge in [-0.15, -0.1) is 10.2 Å². The van der Waals surface area contributed by atoms with Crippen LogP contribution < -0.4 is 5.32 Å². The first kappa shape index (κ1) is 24.3. The lowest BCUT2D eigenvalue weighted by Crippen LogP contribution is -2.26. The summed E-state index contributed by atoms with van der Waals surface area (Å²) >= 11 is 14.2. The van der Waals surface area contributed by atoms with Crippen molar-refractivity contribution in [2.75, 3.05) is 0 Å². The molecule has 1 aromatic heterocycles. The molecule has 0 bridgehead atoms. The Morgan fingerprint density at radius 1 is 1.03 bits per heavy atom. The number of hydrogen-bond donors (Lipinski definition) is 1. The van der Waals surface area contributed by atoms with Gasteiger partial charge in [0.1, 0.15) is 5.82 Å². The maximum atomic E-state index is 13.1. The highest BCUT2D eigenvalue weighted by Gasteiger charge is 2.18. The molecule has 0 saturated carbocycles. The lowest BCUT2D eigenvalue weighted by molar-refractivity contribution is -0.120. The van der Waals surface area contributed by atoms with Crippen LogP contribution in [0.25, 0.3) is 5.69 Å². The Balaban J connectivity index is 1.55. The van der Waals surface area contributed by atoms with Crippen molar-refractivity contribution in [3.05, 3.63) is 105 Å². The molecule has 34 heavy (non-hydrogen) atoms. The van der Waals surface area contributed by atoms with Gasteiger partial charge < -0.3 is 5.32 Å². The molecule has 0 aliphatic heterocycles. The van der Waals surface area contributed by atoms with Gasteiger partial charge in [-0.05, 0) is 48.4 Å². The van der Waals surface area contributed by atoms with E-state index in [0.29, 0.717) is 38.0 Å². The van der Waals surface area contributed by atoms with Gasteiger partial charge in [-0.2, -0.15) is 0 Å². The first-order valence-corrected chi connectivity index (χ1v) is 12.2. The maximum absolute atomic E-state index is 13.1. The number of halogens is 3. The monoisotopic (exact) mass is 514 g/mol. The molecule has 174 valence electrons. The minimum Gasteiger partial charge on any atom is -0.348 e. The van der Waals surface area contributed by atoms with E-state index in [4.69, 9.17) is 23.2 Å². The summed E-state index contributed by atoms with van der Waals surface area (Å²) in [7, 11) is 0. The minimum atomic E-state index is -0.341. The highest BCUT2D eigenvalue weighted by Crippen LogP contribution is 2.31. The van der Waals surface area contributed by atoms with Gasteiger partial charge in [0.15, 0.2) is 11.0 Å². The second-order valence-electron chi connectivity index (χ2n) is 7.69. The van der Waals surface area contributed by atoms with Crippen molar-refractivity contribution in [1.29, 1.82) is 0 Å². The highest BCUT2D eigenvalue weighted by molar-refractivity contribution is 7.98. The van der Waals surface area contributed by atoms with Gasteiger partial charge in [-0.25, -0.2) is 4.39 Å². The van der Waals surface area contributed by atoms with Crippen LogP contribution in [-0.4, -0.2) is 20.7 Å². The molecule has 0 saturated heterocycles. The lowest BCUT2D eigenvalue weighted by atomic mass is 10.1. The van der Waals surface area contributed by atoms with Crippen molar-refractivity contribution in [2.45, 2.75) is 30.8 Å². The van der Waals surface area contributed by atoms with Crippen LogP contribution >= 0.6 is 35.0 Å². The van der Waals surface area contributed by atoms with Gasteiger partial charge in [0.2, 0.25) is 5.91 Å². The van der Waals surface area contributed by atoms with Gasteiger partial charge in [0.25, 0.3) is 0 Å². The molecule has 0 radical (unpaired) electrons. The molecule has 0 atom stereocenters. The number of nitrogens with one attached hydrogen (secondary N) is 1. The fourth-order valence-electron chi connectivity index (χ4n) is 3.39. The molecule has 3 aromatic carbocycles. The van der Waals surface area contributed by atoms with E-state index in [9.17, 15) is 9.18 Å². The summed E-state index contributed by atoms with van der Waals surface area (Å²) in [6.07, 6.45) is 0.126. The van der Waals surface area contributed by atoms with Crippen LogP contribution in [0.3, 0.4) is 0 Å².